The highest BCUT2D eigenvalue weighted by Gasteiger charge is 2.44. The number of nitrogens with zero attached hydrogens (tertiary/aromatic N) is 4. The van der Waals surface area contributed by atoms with Crippen LogP contribution in [0.15, 0.2) is 47.4 Å². The van der Waals surface area contributed by atoms with E-state index in [2.05, 4.69) is 10.4 Å². The molecule has 3 amide bonds. The van der Waals surface area contributed by atoms with Gasteiger partial charge in [-0.2, -0.15) is 18.3 Å². The van der Waals surface area contributed by atoms with Crippen LogP contribution in [0.1, 0.15) is 69.2 Å². The fraction of sp³-hybridized carbons (Fsp3) is 0.379. The second-order valence-electron chi connectivity index (χ2n) is 11.0. The molecular weight excluding hydrogens is 623 g/mol. The zero-order chi connectivity index (χ0) is 32.3. The van der Waals surface area contributed by atoms with Crippen molar-refractivity contribution in [1.29, 1.82) is 0 Å². The van der Waals surface area contributed by atoms with Crippen molar-refractivity contribution >= 4 is 39.2 Å². The summed E-state index contributed by atoms with van der Waals surface area (Å²) in [5.74, 6) is -1.52. The highest BCUT2D eigenvalue weighted by Crippen LogP contribution is 2.38. The first-order valence-electron chi connectivity index (χ1n) is 13.6. The molecular formula is C29H29ClF3N5O5S. The molecule has 5 rings (SSSR count). The lowest BCUT2D eigenvalue weighted by molar-refractivity contribution is -0.137. The Morgan fingerprint density at radius 2 is 1.80 bits per heavy atom. The van der Waals surface area contributed by atoms with Crippen LogP contribution in [-0.2, 0) is 33.8 Å². The van der Waals surface area contributed by atoms with Gasteiger partial charge < -0.3 is 15.1 Å². The number of halogens is 4. The number of rotatable bonds is 5. The summed E-state index contributed by atoms with van der Waals surface area (Å²) in [6.07, 6.45) is -3.46. The first kappa shape index (κ1) is 31.5. The molecule has 3 atom stereocenters. The molecule has 15 heteroatoms. The van der Waals surface area contributed by atoms with Crippen molar-refractivity contribution in [3.63, 3.8) is 0 Å². The molecule has 44 heavy (non-hydrogen) atoms. The molecule has 234 valence electrons. The molecule has 1 aromatic heterocycles. The summed E-state index contributed by atoms with van der Waals surface area (Å²) in [5, 5.41) is 6.68. The average molecular weight is 652 g/mol. The number of sulfone groups is 1. The molecule has 3 heterocycles. The first-order valence-corrected chi connectivity index (χ1v) is 15.9. The van der Waals surface area contributed by atoms with E-state index in [1.54, 1.807) is 26.0 Å². The Morgan fingerprint density at radius 3 is 2.39 bits per heavy atom. The van der Waals surface area contributed by atoms with Crippen molar-refractivity contribution in [3.05, 3.63) is 81.1 Å². The molecule has 10 nitrogen and oxygen atoms in total. The van der Waals surface area contributed by atoms with E-state index in [1.807, 2.05) is 0 Å². The van der Waals surface area contributed by atoms with Gasteiger partial charge in [-0.1, -0.05) is 23.7 Å². The van der Waals surface area contributed by atoms with Crippen LogP contribution in [0, 0.1) is 0 Å². The molecule has 0 radical (unpaired) electrons. The zero-order valence-corrected chi connectivity index (χ0v) is 25.7. The second-order valence-corrected chi connectivity index (χ2v) is 13.4. The molecule has 0 unspecified atom stereocenters. The number of aromatic nitrogens is 2. The normalized spacial score (nSPS) is 19.3. The van der Waals surface area contributed by atoms with E-state index < -0.39 is 62.4 Å². The van der Waals surface area contributed by atoms with Crippen LogP contribution >= 0.6 is 11.6 Å². The van der Waals surface area contributed by atoms with Gasteiger partial charge in [-0.25, -0.2) is 13.1 Å². The summed E-state index contributed by atoms with van der Waals surface area (Å²) < 4.78 is 65.7. The van der Waals surface area contributed by atoms with E-state index >= 15 is 0 Å². The third-order valence-corrected chi connectivity index (χ3v) is 9.61. The lowest BCUT2D eigenvalue weighted by Crippen LogP contribution is -2.49. The summed E-state index contributed by atoms with van der Waals surface area (Å²) in [5.41, 5.74) is 0.326. The van der Waals surface area contributed by atoms with E-state index in [-0.39, 0.29) is 35.7 Å². The summed E-state index contributed by atoms with van der Waals surface area (Å²) in [4.78, 5) is 43.6. The third-order valence-electron chi connectivity index (χ3n) is 8.16. The van der Waals surface area contributed by atoms with Crippen LogP contribution in [0.3, 0.4) is 0 Å². The molecule has 0 aliphatic carbocycles. The molecule has 0 spiro atoms. The van der Waals surface area contributed by atoms with Gasteiger partial charge in [0.15, 0.2) is 9.84 Å². The smallest absolute Gasteiger partial charge is 0.357 e. The van der Waals surface area contributed by atoms with Gasteiger partial charge in [0, 0.05) is 36.9 Å². The minimum atomic E-state index is -4.76. The highest BCUT2D eigenvalue weighted by molar-refractivity contribution is 7.90. The first-order chi connectivity index (χ1) is 20.5. The Bertz CT molecular complexity index is 1770. The van der Waals surface area contributed by atoms with Crippen molar-refractivity contribution < 1.29 is 36.0 Å². The van der Waals surface area contributed by atoms with Crippen LogP contribution in [0.5, 0.6) is 0 Å². The number of carbonyl (C=O) groups excluding carboxylic acids is 3. The Balaban J connectivity index is 1.52. The fourth-order valence-electron chi connectivity index (χ4n) is 5.68. The van der Waals surface area contributed by atoms with Gasteiger partial charge in [0.25, 0.3) is 11.8 Å². The van der Waals surface area contributed by atoms with Gasteiger partial charge in [0.2, 0.25) is 5.91 Å². The number of amides is 3. The number of alkyl halides is 3. The summed E-state index contributed by atoms with van der Waals surface area (Å²) in [7, 11) is -1.97. The third kappa shape index (κ3) is 5.56. The van der Waals surface area contributed by atoms with E-state index in [1.165, 1.54) is 39.7 Å². The van der Waals surface area contributed by atoms with Gasteiger partial charge in [0.1, 0.15) is 11.7 Å². The van der Waals surface area contributed by atoms with Crippen LogP contribution in [-0.4, -0.2) is 71.6 Å². The lowest BCUT2D eigenvalue weighted by Gasteiger charge is -2.38. The molecule has 3 aromatic rings. The molecule has 0 saturated carbocycles. The molecule has 0 fully saturated rings. The average Bonchev–Trinajstić information content (AvgIpc) is 3.33. The number of likely N-dealkylation sites (N-methyl/N-ethyl adjacent to an activating group) is 1. The van der Waals surface area contributed by atoms with Crippen molar-refractivity contribution in [2.75, 3.05) is 19.8 Å². The minimum Gasteiger partial charge on any atom is -0.357 e. The number of benzene rings is 2. The molecule has 1 N–H and O–H groups in total. The molecule has 0 bridgehead atoms. The fourth-order valence-corrected chi connectivity index (χ4v) is 6.53. The van der Waals surface area contributed by atoms with Crippen molar-refractivity contribution in [2.45, 2.75) is 56.0 Å². The summed E-state index contributed by atoms with van der Waals surface area (Å²) in [6, 6.07) is 7.12. The number of hydrogen-bond acceptors (Lipinski definition) is 6. The van der Waals surface area contributed by atoms with Gasteiger partial charge >= 0.3 is 6.18 Å². The number of nitrogens with one attached hydrogen (secondary N) is 1. The highest BCUT2D eigenvalue weighted by atomic mass is 35.5. The van der Waals surface area contributed by atoms with Gasteiger partial charge in [-0.05, 0) is 49.7 Å². The largest absolute Gasteiger partial charge is 0.417 e. The van der Waals surface area contributed by atoms with E-state index in [0.29, 0.717) is 22.9 Å². The number of fused-ring (bicyclic) bond motifs is 3. The van der Waals surface area contributed by atoms with Crippen molar-refractivity contribution in [2.24, 2.45) is 0 Å². The van der Waals surface area contributed by atoms with E-state index in [4.69, 9.17) is 11.6 Å². The van der Waals surface area contributed by atoms with E-state index in [0.717, 1.165) is 12.3 Å². The predicted molar refractivity (Wildman–Crippen MR) is 154 cm³/mol. The lowest BCUT2D eigenvalue weighted by atomic mass is 9.96. The van der Waals surface area contributed by atoms with E-state index in [9.17, 15) is 36.0 Å². The van der Waals surface area contributed by atoms with Gasteiger partial charge in [-0.15, -0.1) is 0 Å². The molecule has 0 saturated heterocycles. The summed E-state index contributed by atoms with van der Waals surface area (Å²) >= 11 is 5.75. The molecule has 2 aliphatic heterocycles. The number of carbonyl (C=O) groups is 3. The maximum Gasteiger partial charge on any atom is 0.417 e. The Hall–Kier alpha value is -3.91. The van der Waals surface area contributed by atoms with Crippen LogP contribution in [0.4, 0.5) is 13.2 Å². The summed E-state index contributed by atoms with van der Waals surface area (Å²) in [6.45, 7) is 3.34. The monoisotopic (exact) mass is 651 g/mol. The van der Waals surface area contributed by atoms with Crippen molar-refractivity contribution in [3.8, 4) is 0 Å². The predicted octanol–water partition coefficient (Wildman–Crippen LogP) is 4.05. The van der Waals surface area contributed by atoms with Crippen LogP contribution in [0.25, 0.3) is 0 Å². The Kier molecular flexibility index (Phi) is 8.04. The molecule has 2 aliphatic rings. The maximum atomic E-state index is 14.1. The topological polar surface area (TPSA) is 122 Å². The van der Waals surface area contributed by atoms with Gasteiger partial charge in [-0.3, -0.25) is 14.4 Å². The zero-order valence-electron chi connectivity index (χ0n) is 24.1. The second kappa shape index (κ2) is 11.2. The molecule has 2 aromatic carbocycles. The quantitative estimate of drug-likeness (QED) is 0.444. The number of hydrogen-bond donors (Lipinski definition) is 1. The SMILES string of the molecule is CNC(=O)[C@@H]1CN([C@H](C)c2ccc(S(C)(=O)=O)cc2)C(=O)c2c3c(nn21)C[C@@H](C)N(C(=O)c1ccc(Cl)c(C(F)(F)F)c1)C3. The minimum absolute atomic E-state index is 0.0236. The van der Waals surface area contributed by atoms with Crippen molar-refractivity contribution in [1.82, 2.24) is 24.9 Å². The van der Waals surface area contributed by atoms with Crippen LogP contribution < -0.4 is 5.32 Å². The standard InChI is InChI=1S/C29H29ClF3N5O5S/c1-15-11-23-20(13-36(15)27(40)18-7-10-22(30)21(12-18)29(31,32)33)25-28(41)37(14-24(26(39)34-3)38(25)35-23)16(2)17-5-8-19(9-6-17)44(4,42)43/h5-10,12,15-16,24H,11,13-14H2,1-4H3,(H,34,39)/t15-,16-,24+/m1/s1. The van der Waals surface area contributed by atoms with Gasteiger partial charge in [0.05, 0.1) is 40.3 Å². The maximum absolute atomic E-state index is 14.1. The Labute approximate surface area is 256 Å². The Morgan fingerprint density at radius 1 is 1.14 bits per heavy atom. The van der Waals surface area contributed by atoms with Crippen LogP contribution in [0.2, 0.25) is 5.02 Å².